The highest BCUT2D eigenvalue weighted by Gasteiger charge is 2.29. The first kappa shape index (κ1) is 25.0. The van der Waals surface area contributed by atoms with E-state index in [2.05, 4.69) is 5.32 Å². The Morgan fingerprint density at radius 3 is 2.12 bits per heavy atom. The van der Waals surface area contributed by atoms with Gasteiger partial charge in [-0.05, 0) is 38.3 Å². The molecule has 0 spiro atoms. The topological polar surface area (TPSA) is 77.1 Å². The predicted octanol–water partition coefficient (Wildman–Crippen LogP) is 3.72. The molecule has 0 aliphatic heterocycles. The van der Waals surface area contributed by atoms with Crippen molar-refractivity contribution in [3.05, 3.63) is 53.6 Å². The summed E-state index contributed by atoms with van der Waals surface area (Å²) in [5, 5.41) is 2.93. The van der Waals surface area contributed by atoms with Crippen LogP contribution in [0.2, 0.25) is 0 Å². The van der Waals surface area contributed by atoms with Crippen molar-refractivity contribution in [1.29, 1.82) is 0 Å². The molecule has 7 nitrogen and oxygen atoms in total. The van der Waals surface area contributed by atoms with Gasteiger partial charge in [0.2, 0.25) is 5.91 Å². The largest absolute Gasteiger partial charge is 0.496 e. The number of carbonyl (C=O) groups excluding carboxylic acids is 2. The summed E-state index contributed by atoms with van der Waals surface area (Å²) in [6, 6.07) is 12.3. The Bertz CT molecular complexity index is 891. The summed E-state index contributed by atoms with van der Waals surface area (Å²) >= 11 is 0. The van der Waals surface area contributed by atoms with Gasteiger partial charge in [-0.1, -0.05) is 31.2 Å². The molecule has 0 saturated heterocycles. The van der Waals surface area contributed by atoms with E-state index in [9.17, 15) is 9.59 Å². The molecule has 2 aromatic carbocycles. The summed E-state index contributed by atoms with van der Waals surface area (Å²) in [6.45, 7) is 7.80. The van der Waals surface area contributed by atoms with Crippen LogP contribution in [0.15, 0.2) is 42.5 Å². The van der Waals surface area contributed by atoms with E-state index in [0.717, 1.165) is 11.1 Å². The van der Waals surface area contributed by atoms with Gasteiger partial charge in [-0.2, -0.15) is 0 Å². The van der Waals surface area contributed by atoms with Gasteiger partial charge >= 0.3 is 0 Å². The molecule has 0 aromatic heterocycles. The Hall–Kier alpha value is -3.22. The van der Waals surface area contributed by atoms with Gasteiger partial charge in [0, 0.05) is 30.8 Å². The van der Waals surface area contributed by atoms with E-state index in [0.29, 0.717) is 30.2 Å². The lowest BCUT2D eigenvalue weighted by atomic mass is 10.1. The first-order chi connectivity index (χ1) is 15.3. The molecule has 0 saturated carbocycles. The van der Waals surface area contributed by atoms with Crippen LogP contribution in [0.1, 0.15) is 38.3 Å². The Kier molecular flexibility index (Phi) is 9.38. The Morgan fingerprint density at radius 2 is 1.59 bits per heavy atom. The zero-order valence-electron chi connectivity index (χ0n) is 19.8. The number of benzene rings is 2. The zero-order chi connectivity index (χ0) is 23.7. The number of methoxy groups -OCH3 is 2. The minimum absolute atomic E-state index is 0.0209. The smallest absolute Gasteiger partial charge is 0.261 e. The van der Waals surface area contributed by atoms with Crippen LogP contribution in [0.3, 0.4) is 0 Å². The quantitative estimate of drug-likeness (QED) is 0.574. The molecule has 32 heavy (non-hydrogen) atoms. The molecule has 0 unspecified atom stereocenters. The van der Waals surface area contributed by atoms with Gasteiger partial charge in [0.1, 0.15) is 23.3 Å². The molecule has 0 heterocycles. The predicted molar refractivity (Wildman–Crippen MR) is 124 cm³/mol. The van der Waals surface area contributed by atoms with Crippen LogP contribution in [-0.4, -0.2) is 49.6 Å². The highest BCUT2D eigenvalue weighted by Crippen LogP contribution is 2.27. The van der Waals surface area contributed by atoms with Gasteiger partial charge < -0.3 is 24.4 Å². The molecule has 2 rings (SSSR count). The van der Waals surface area contributed by atoms with Gasteiger partial charge in [-0.3, -0.25) is 9.59 Å². The van der Waals surface area contributed by atoms with Crippen molar-refractivity contribution in [3.63, 3.8) is 0 Å². The van der Waals surface area contributed by atoms with Crippen LogP contribution in [0.25, 0.3) is 0 Å². The third-order valence-corrected chi connectivity index (χ3v) is 5.11. The number of rotatable bonds is 11. The van der Waals surface area contributed by atoms with E-state index in [1.165, 1.54) is 0 Å². The van der Waals surface area contributed by atoms with Crippen molar-refractivity contribution in [1.82, 2.24) is 10.2 Å². The van der Waals surface area contributed by atoms with Crippen molar-refractivity contribution >= 4 is 11.8 Å². The molecule has 0 aliphatic rings. The van der Waals surface area contributed by atoms with Crippen molar-refractivity contribution in [3.8, 4) is 17.2 Å². The number of amides is 2. The summed E-state index contributed by atoms with van der Waals surface area (Å²) in [4.78, 5) is 27.8. The molecule has 0 fully saturated rings. The number of carbonyl (C=O) groups is 2. The second kappa shape index (κ2) is 12.0. The van der Waals surface area contributed by atoms with Gasteiger partial charge in [-0.15, -0.1) is 0 Å². The third kappa shape index (κ3) is 6.90. The molecule has 174 valence electrons. The lowest BCUT2D eigenvalue weighted by molar-refractivity contribution is -0.143. The van der Waals surface area contributed by atoms with Gasteiger partial charge in [0.15, 0.2) is 6.61 Å². The minimum Gasteiger partial charge on any atom is -0.496 e. The maximum absolute atomic E-state index is 13.3. The summed E-state index contributed by atoms with van der Waals surface area (Å²) < 4.78 is 16.3. The average molecular weight is 443 g/mol. The summed E-state index contributed by atoms with van der Waals surface area (Å²) in [5.41, 5.74) is 2.04. The second-order valence-electron chi connectivity index (χ2n) is 7.87. The van der Waals surface area contributed by atoms with E-state index in [1.54, 1.807) is 37.3 Å². The van der Waals surface area contributed by atoms with Gasteiger partial charge in [0.25, 0.3) is 5.91 Å². The zero-order valence-corrected chi connectivity index (χ0v) is 19.8. The number of aryl methyl sites for hydroxylation is 1. The Balaban J connectivity index is 2.26. The number of nitrogens with zero attached hydrogens (tertiary/aromatic N) is 1. The average Bonchev–Trinajstić information content (AvgIpc) is 2.77. The molecular weight excluding hydrogens is 408 g/mol. The van der Waals surface area contributed by atoms with Crippen molar-refractivity contribution in [2.45, 2.75) is 52.7 Å². The molecule has 1 atom stereocenters. The first-order valence-corrected chi connectivity index (χ1v) is 10.8. The number of ether oxygens (including phenoxy) is 3. The van der Waals surface area contributed by atoms with Crippen LogP contribution >= 0.6 is 0 Å². The third-order valence-electron chi connectivity index (χ3n) is 5.11. The molecular formula is C25H34N2O5. The Morgan fingerprint density at radius 1 is 1.00 bits per heavy atom. The number of hydrogen-bond donors (Lipinski definition) is 1. The lowest BCUT2D eigenvalue weighted by Gasteiger charge is -2.31. The van der Waals surface area contributed by atoms with Crippen LogP contribution in [0.4, 0.5) is 0 Å². The molecule has 2 aromatic rings. The van der Waals surface area contributed by atoms with Crippen LogP contribution < -0.4 is 19.5 Å². The van der Waals surface area contributed by atoms with E-state index < -0.39 is 6.04 Å². The van der Waals surface area contributed by atoms with Gasteiger partial charge in [0.05, 0.1) is 14.2 Å². The second-order valence-corrected chi connectivity index (χ2v) is 7.87. The lowest BCUT2D eigenvalue weighted by Crippen LogP contribution is -2.51. The summed E-state index contributed by atoms with van der Waals surface area (Å²) in [5.74, 6) is 1.12. The van der Waals surface area contributed by atoms with Crippen molar-refractivity contribution < 1.29 is 23.8 Å². The van der Waals surface area contributed by atoms with E-state index in [4.69, 9.17) is 14.2 Å². The van der Waals surface area contributed by atoms with Crippen LogP contribution in [0.5, 0.6) is 17.2 Å². The van der Waals surface area contributed by atoms with Crippen molar-refractivity contribution in [2.24, 2.45) is 0 Å². The first-order valence-electron chi connectivity index (χ1n) is 10.8. The fourth-order valence-corrected chi connectivity index (χ4v) is 3.36. The molecule has 0 bridgehead atoms. The minimum atomic E-state index is -0.604. The van der Waals surface area contributed by atoms with E-state index in [1.807, 2.05) is 52.0 Å². The SMILES string of the molecule is CC[C@H](C(=O)NC(C)C)N(Cc1ccccc1C)C(=O)COc1cc(OC)cc(OC)c1. The summed E-state index contributed by atoms with van der Waals surface area (Å²) in [7, 11) is 3.10. The van der Waals surface area contributed by atoms with E-state index >= 15 is 0 Å². The maximum atomic E-state index is 13.3. The van der Waals surface area contributed by atoms with Crippen molar-refractivity contribution in [2.75, 3.05) is 20.8 Å². The molecule has 0 aliphatic carbocycles. The molecule has 0 radical (unpaired) electrons. The Labute approximate surface area is 190 Å². The fraction of sp³-hybridized carbons (Fsp3) is 0.440. The summed E-state index contributed by atoms with van der Waals surface area (Å²) in [6.07, 6.45) is 0.489. The fourth-order valence-electron chi connectivity index (χ4n) is 3.36. The maximum Gasteiger partial charge on any atom is 0.261 e. The highest BCUT2D eigenvalue weighted by molar-refractivity contribution is 5.88. The van der Waals surface area contributed by atoms with Gasteiger partial charge in [-0.25, -0.2) is 0 Å². The van der Waals surface area contributed by atoms with E-state index in [-0.39, 0.29) is 24.5 Å². The number of hydrogen-bond acceptors (Lipinski definition) is 5. The standard InChI is InChI=1S/C25H34N2O5/c1-7-23(25(29)26-17(2)3)27(15-19-11-9-8-10-18(19)4)24(28)16-32-22-13-20(30-5)12-21(14-22)31-6/h8-14,17,23H,7,15-16H2,1-6H3,(H,26,29)/t23-/m1/s1. The monoisotopic (exact) mass is 442 g/mol. The van der Waals surface area contributed by atoms with Crippen LogP contribution in [-0.2, 0) is 16.1 Å². The number of nitrogens with one attached hydrogen (secondary N) is 1. The molecule has 1 N–H and O–H groups in total. The molecule has 2 amide bonds. The highest BCUT2D eigenvalue weighted by atomic mass is 16.5. The normalized spacial score (nSPS) is 11.6. The van der Waals surface area contributed by atoms with Crippen LogP contribution in [0, 0.1) is 6.92 Å². The molecule has 7 heteroatoms.